The highest BCUT2D eigenvalue weighted by molar-refractivity contribution is 6.42. The van der Waals surface area contributed by atoms with Gasteiger partial charge in [0, 0.05) is 23.7 Å². The van der Waals surface area contributed by atoms with Gasteiger partial charge in [0.25, 0.3) is 5.91 Å². The fourth-order valence-electron chi connectivity index (χ4n) is 3.00. The highest BCUT2D eigenvalue weighted by Gasteiger charge is 2.28. The number of rotatable bonds is 4. The Morgan fingerprint density at radius 3 is 2.26 bits per heavy atom. The van der Waals surface area contributed by atoms with E-state index in [-0.39, 0.29) is 24.4 Å². The van der Waals surface area contributed by atoms with Crippen molar-refractivity contribution in [1.82, 2.24) is 4.90 Å². The van der Waals surface area contributed by atoms with Gasteiger partial charge in [-0.15, -0.1) is 0 Å². The zero-order chi connectivity index (χ0) is 19.4. The standard InChI is InChI=1S/C20H18Cl3NO3/c21-16-4-2-14(3-5-16)19(25)24-9-7-15(8-10-24)20(26)27-12-13-1-6-17(22)18(23)11-13/h1-6,11,15H,7-10,12H2. The molecule has 0 N–H and O–H groups in total. The van der Waals surface area contributed by atoms with Crippen LogP contribution in [0.1, 0.15) is 28.8 Å². The van der Waals surface area contributed by atoms with Crippen LogP contribution in [0.15, 0.2) is 42.5 Å². The number of carbonyl (C=O) groups is 2. The van der Waals surface area contributed by atoms with Gasteiger partial charge in [-0.05, 0) is 54.8 Å². The summed E-state index contributed by atoms with van der Waals surface area (Å²) in [5.41, 5.74) is 1.38. The summed E-state index contributed by atoms with van der Waals surface area (Å²) in [4.78, 5) is 26.6. The van der Waals surface area contributed by atoms with Crippen LogP contribution < -0.4 is 0 Å². The Balaban J connectivity index is 1.49. The van der Waals surface area contributed by atoms with E-state index in [9.17, 15) is 9.59 Å². The van der Waals surface area contributed by atoms with Crippen LogP contribution in [-0.4, -0.2) is 29.9 Å². The highest BCUT2D eigenvalue weighted by atomic mass is 35.5. The third kappa shape index (κ3) is 5.16. The molecule has 7 heteroatoms. The molecule has 142 valence electrons. The quantitative estimate of drug-likeness (QED) is 0.628. The van der Waals surface area contributed by atoms with Crippen LogP contribution in [0.2, 0.25) is 15.1 Å². The summed E-state index contributed by atoms with van der Waals surface area (Å²) >= 11 is 17.7. The lowest BCUT2D eigenvalue weighted by Crippen LogP contribution is -2.40. The summed E-state index contributed by atoms with van der Waals surface area (Å²) in [5, 5.41) is 1.48. The summed E-state index contributed by atoms with van der Waals surface area (Å²) in [6, 6.07) is 11.9. The maximum absolute atomic E-state index is 12.5. The average molecular weight is 427 g/mol. The molecule has 1 aliphatic heterocycles. The first-order chi connectivity index (χ1) is 12.9. The number of likely N-dealkylation sites (tertiary alicyclic amines) is 1. The van der Waals surface area contributed by atoms with Crippen molar-refractivity contribution < 1.29 is 14.3 Å². The van der Waals surface area contributed by atoms with Crippen molar-refractivity contribution in [3.63, 3.8) is 0 Å². The molecule has 27 heavy (non-hydrogen) atoms. The lowest BCUT2D eigenvalue weighted by Gasteiger charge is -2.31. The van der Waals surface area contributed by atoms with E-state index in [1.165, 1.54) is 0 Å². The molecular weight excluding hydrogens is 409 g/mol. The van der Waals surface area contributed by atoms with Crippen molar-refractivity contribution >= 4 is 46.7 Å². The minimum atomic E-state index is -0.250. The molecule has 0 unspecified atom stereocenters. The third-order valence-electron chi connectivity index (χ3n) is 4.57. The first-order valence-electron chi connectivity index (χ1n) is 8.59. The fraction of sp³-hybridized carbons (Fsp3) is 0.300. The molecule has 2 aromatic carbocycles. The van der Waals surface area contributed by atoms with Crippen LogP contribution in [0.3, 0.4) is 0 Å². The zero-order valence-corrected chi connectivity index (χ0v) is 16.7. The number of amides is 1. The summed E-state index contributed by atoms with van der Waals surface area (Å²) in [7, 11) is 0. The molecule has 3 rings (SSSR count). The van der Waals surface area contributed by atoms with Gasteiger partial charge in [0.1, 0.15) is 6.61 Å². The first kappa shape index (κ1) is 20.0. The SMILES string of the molecule is O=C(OCc1ccc(Cl)c(Cl)c1)C1CCN(C(=O)c2ccc(Cl)cc2)CC1. The Morgan fingerprint density at radius 2 is 1.63 bits per heavy atom. The van der Waals surface area contributed by atoms with Gasteiger partial charge < -0.3 is 9.64 Å². The predicted molar refractivity (Wildman–Crippen MR) is 106 cm³/mol. The molecule has 0 saturated carbocycles. The topological polar surface area (TPSA) is 46.6 Å². The number of ether oxygens (including phenoxy) is 1. The molecule has 0 atom stereocenters. The number of hydrogen-bond acceptors (Lipinski definition) is 3. The van der Waals surface area contributed by atoms with Crippen molar-refractivity contribution in [2.45, 2.75) is 19.4 Å². The van der Waals surface area contributed by atoms with E-state index in [2.05, 4.69) is 0 Å². The minimum Gasteiger partial charge on any atom is -0.461 e. The number of carbonyl (C=O) groups excluding carboxylic acids is 2. The van der Waals surface area contributed by atoms with E-state index in [1.54, 1.807) is 47.4 Å². The van der Waals surface area contributed by atoms with E-state index in [4.69, 9.17) is 39.5 Å². The van der Waals surface area contributed by atoms with E-state index in [1.807, 2.05) is 0 Å². The van der Waals surface area contributed by atoms with Crippen molar-refractivity contribution in [3.05, 3.63) is 68.7 Å². The summed E-state index contributed by atoms with van der Waals surface area (Å²) in [5.74, 6) is -0.504. The first-order valence-corrected chi connectivity index (χ1v) is 9.73. The summed E-state index contributed by atoms with van der Waals surface area (Å²) in [6.07, 6.45) is 1.17. The third-order valence-corrected chi connectivity index (χ3v) is 5.56. The predicted octanol–water partition coefficient (Wildman–Crippen LogP) is 5.24. The molecule has 0 radical (unpaired) electrons. The molecule has 4 nitrogen and oxygen atoms in total. The fourth-order valence-corrected chi connectivity index (χ4v) is 3.44. The Hall–Kier alpha value is -1.75. The van der Waals surface area contributed by atoms with Crippen molar-refractivity contribution in [2.24, 2.45) is 5.92 Å². The highest BCUT2D eigenvalue weighted by Crippen LogP contribution is 2.24. The van der Waals surface area contributed by atoms with E-state index < -0.39 is 0 Å². The van der Waals surface area contributed by atoms with Gasteiger partial charge in [-0.1, -0.05) is 40.9 Å². The summed E-state index contributed by atoms with van der Waals surface area (Å²) in [6.45, 7) is 1.20. The molecule has 1 heterocycles. The smallest absolute Gasteiger partial charge is 0.309 e. The van der Waals surface area contributed by atoms with Gasteiger partial charge >= 0.3 is 5.97 Å². The van der Waals surface area contributed by atoms with Gasteiger partial charge in [-0.3, -0.25) is 9.59 Å². The monoisotopic (exact) mass is 425 g/mol. The largest absolute Gasteiger partial charge is 0.461 e. The lowest BCUT2D eigenvalue weighted by molar-refractivity contribution is -0.151. The number of halogens is 3. The minimum absolute atomic E-state index is 0.0470. The van der Waals surface area contributed by atoms with Crippen LogP contribution in [0, 0.1) is 5.92 Å². The Morgan fingerprint density at radius 1 is 0.963 bits per heavy atom. The van der Waals surface area contributed by atoms with Gasteiger partial charge in [0.15, 0.2) is 0 Å². The van der Waals surface area contributed by atoms with Gasteiger partial charge in [-0.25, -0.2) is 0 Å². The number of benzene rings is 2. The van der Waals surface area contributed by atoms with Gasteiger partial charge in [-0.2, -0.15) is 0 Å². The second kappa shape index (κ2) is 8.96. The number of nitrogens with zero attached hydrogens (tertiary/aromatic N) is 1. The zero-order valence-electron chi connectivity index (χ0n) is 14.5. The maximum atomic E-state index is 12.5. The van der Waals surface area contributed by atoms with E-state index >= 15 is 0 Å². The van der Waals surface area contributed by atoms with Crippen LogP contribution in [-0.2, 0) is 16.1 Å². The lowest BCUT2D eigenvalue weighted by atomic mass is 9.96. The number of esters is 1. The normalized spacial score (nSPS) is 14.9. The van der Waals surface area contributed by atoms with Crippen molar-refractivity contribution in [1.29, 1.82) is 0 Å². The van der Waals surface area contributed by atoms with Crippen LogP contribution >= 0.6 is 34.8 Å². The second-order valence-electron chi connectivity index (χ2n) is 6.43. The Kier molecular flexibility index (Phi) is 6.64. The van der Waals surface area contributed by atoms with Crippen LogP contribution in [0.4, 0.5) is 0 Å². The second-order valence-corrected chi connectivity index (χ2v) is 7.68. The van der Waals surface area contributed by atoms with Crippen molar-refractivity contribution in [2.75, 3.05) is 13.1 Å². The molecule has 1 saturated heterocycles. The molecule has 0 spiro atoms. The molecule has 0 aromatic heterocycles. The van der Waals surface area contributed by atoms with Crippen LogP contribution in [0.5, 0.6) is 0 Å². The van der Waals surface area contributed by atoms with Gasteiger partial charge in [0.2, 0.25) is 0 Å². The van der Waals surface area contributed by atoms with Crippen LogP contribution in [0.25, 0.3) is 0 Å². The maximum Gasteiger partial charge on any atom is 0.309 e. The molecule has 1 aliphatic rings. The Bertz CT molecular complexity index is 831. The molecule has 0 aliphatic carbocycles. The molecule has 0 bridgehead atoms. The molecule has 1 fully saturated rings. The molecule has 2 aromatic rings. The van der Waals surface area contributed by atoms with Gasteiger partial charge in [0.05, 0.1) is 16.0 Å². The van der Waals surface area contributed by atoms with E-state index in [0.717, 1.165) is 5.56 Å². The average Bonchev–Trinajstić information content (AvgIpc) is 2.69. The number of piperidine rings is 1. The van der Waals surface area contributed by atoms with Crippen molar-refractivity contribution in [3.8, 4) is 0 Å². The molecule has 1 amide bonds. The number of hydrogen-bond donors (Lipinski definition) is 0. The molecular formula is C20H18Cl3NO3. The Labute approximate surface area is 173 Å². The van der Waals surface area contributed by atoms with E-state index in [0.29, 0.717) is 46.6 Å². The summed E-state index contributed by atoms with van der Waals surface area (Å²) < 4.78 is 5.40.